The second kappa shape index (κ2) is 5.05. The quantitative estimate of drug-likeness (QED) is 0.399. The molecule has 2 rings (SSSR count). The summed E-state index contributed by atoms with van der Waals surface area (Å²) in [7, 11) is 1.78. The number of nitrogens with two attached hydrogens (primary N) is 1. The van der Waals surface area contributed by atoms with Crippen LogP contribution in [-0.2, 0) is 17.8 Å². The van der Waals surface area contributed by atoms with E-state index in [1.807, 2.05) is 23.6 Å². The lowest BCUT2D eigenvalue weighted by Gasteiger charge is -2.26. The Bertz CT molecular complexity index is 487. The summed E-state index contributed by atoms with van der Waals surface area (Å²) in [5.74, 6) is 5.11. The van der Waals surface area contributed by atoms with Crippen LogP contribution in [0.15, 0.2) is 18.2 Å². The third-order valence-electron chi connectivity index (χ3n) is 3.07. The van der Waals surface area contributed by atoms with E-state index in [-0.39, 0.29) is 5.91 Å². The van der Waals surface area contributed by atoms with E-state index in [9.17, 15) is 9.59 Å². The number of rotatable bonds is 2. The minimum atomic E-state index is -0.417. The molecule has 1 aromatic rings. The first kappa shape index (κ1) is 12.4. The molecule has 1 aliphatic heterocycles. The van der Waals surface area contributed by atoms with Gasteiger partial charge in [0.2, 0.25) is 5.91 Å². The van der Waals surface area contributed by atoms with Gasteiger partial charge in [-0.2, -0.15) is 0 Å². The van der Waals surface area contributed by atoms with Crippen molar-refractivity contribution in [2.75, 3.05) is 11.9 Å². The number of amides is 3. The number of aryl methyl sites for hydroxylation is 1. The van der Waals surface area contributed by atoms with Crippen LogP contribution in [0.3, 0.4) is 0 Å². The lowest BCUT2D eigenvalue weighted by molar-refractivity contribution is -0.118. The number of urea groups is 1. The summed E-state index contributed by atoms with van der Waals surface area (Å²) in [6, 6.07) is 5.39. The molecular formula is C12H16N4O2. The van der Waals surface area contributed by atoms with Crippen LogP contribution in [0.4, 0.5) is 10.5 Å². The van der Waals surface area contributed by atoms with Crippen LogP contribution in [-0.4, -0.2) is 19.0 Å². The van der Waals surface area contributed by atoms with E-state index in [0.717, 1.165) is 23.2 Å². The maximum absolute atomic E-state index is 11.5. The van der Waals surface area contributed by atoms with Gasteiger partial charge < -0.3 is 10.2 Å². The van der Waals surface area contributed by atoms with Crippen LogP contribution >= 0.6 is 0 Å². The normalized spacial score (nSPS) is 14.1. The highest BCUT2D eigenvalue weighted by Crippen LogP contribution is 2.27. The Balaban J connectivity index is 2.13. The molecule has 3 amide bonds. The van der Waals surface area contributed by atoms with Crippen LogP contribution < -0.4 is 21.5 Å². The highest BCUT2D eigenvalue weighted by Gasteiger charge is 2.20. The van der Waals surface area contributed by atoms with Gasteiger partial charge in [0.05, 0.1) is 0 Å². The molecular weight excluding hydrogens is 232 g/mol. The molecule has 0 atom stereocenters. The van der Waals surface area contributed by atoms with Crippen LogP contribution in [0, 0.1) is 0 Å². The van der Waals surface area contributed by atoms with Crippen molar-refractivity contribution in [3.05, 3.63) is 29.3 Å². The summed E-state index contributed by atoms with van der Waals surface area (Å²) >= 11 is 0. The zero-order valence-electron chi connectivity index (χ0n) is 10.2. The van der Waals surface area contributed by atoms with Crippen molar-refractivity contribution < 1.29 is 9.59 Å². The zero-order chi connectivity index (χ0) is 13.1. The van der Waals surface area contributed by atoms with Gasteiger partial charge in [-0.25, -0.2) is 10.6 Å². The van der Waals surface area contributed by atoms with Gasteiger partial charge in [0, 0.05) is 25.7 Å². The number of hydrogen-bond acceptors (Lipinski definition) is 3. The molecule has 0 spiro atoms. The fourth-order valence-electron chi connectivity index (χ4n) is 2.05. The molecule has 6 heteroatoms. The molecule has 0 radical (unpaired) electrons. The number of hydrogen-bond donors (Lipinski definition) is 3. The highest BCUT2D eigenvalue weighted by atomic mass is 16.2. The standard InChI is InChI=1S/C12H16N4O2/c1-16-10-4-2-8(7-14-12(18)15-13)6-9(10)3-5-11(16)17/h2,4,6H,3,5,7,13H2,1H3,(H2,14,15,18). The van der Waals surface area contributed by atoms with E-state index in [1.54, 1.807) is 11.9 Å². The second-order valence-corrected chi connectivity index (χ2v) is 4.24. The monoisotopic (exact) mass is 248 g/mol. The van der Waals surface area contributed by atoms with Gasteiger partial charge in [0.1, 0.15) is 0 Å². The molecule has 0 unspecified atom stereocenters. The Hall–Kier alpha value is -2.08. The molecule has 0 bridgehead atoms. The third kappa shape index (κ3) is 2.43. The summed E-state index contributed by atoms with van der Waals surface area (Å²) in [4.78, 5) is 24.2. The van der Waals surface area contributed by atoms with Gasteiger partial charge in [0.25, 0.3) is 0 Å². The van der Waals surface area contributed by atoms with Gasteiger partial charge in [-0.05, 0) is 23.6 Å². The Morgan fingerprint density at radius 1 is 1.44 bits per heavy atom. The van der Waals surface area contributed by atoms with E-state index in [1.165, 1.54) is 0 Å². The van der Waals surface area contributed by atoms with E-state index >= 15 is 0 Å². The largest absolute Gasteiger partial charge is 0.333 e. The topological polar surface area (TPSA) is 87.5 Å². The minimum absolute atomic E-state index is 0.135. The average Bonchev–Trinajstić information content (AvgIpc) is 2.40. The number of carbonyl (C=O) groups is 2. The van der Waals surface area contributed by atoms with Crippen molar-refractivity contribution in [3.63, 3.8) is 0 Å². The highest BCUT2D eigenvalue weighted by molar-refractivity contribution is 5.95. The van der Waals surface area contributed by atoms with E-state index in [0.29, 0.717) is 13.0 Å². The first-order valence-electron chi connectivity index (χ1n) is 5.74. The molecule has 0 aliphatic carbocycles. The Morgan fingerprint density at radius 2 is 2.22 bits per heavy atom. The van der Waals surface area contributed by atoms with E-state index in [4.69, 9.17) is 5.84 Å². The molecule has 18 heavy (non-hydrogen) atoms. The summed E-state index contributed by atoms with van der Waals surface area (Å²) in [5.41, 5.74) is 5.07. The Morgan fingerprint density at radius 3 is 2.94 bits per heavy atom. The molecule has 1 aromatic carbocycles. The number of carbonyl (C=O) groups excluding carboxylic acids is 2. The summed E-state index contributed by atoms with van der Waals surface area (Å²) in [5, 5.41) is 2.62. The fourth-order valence-corrected chi connectivity index (χ4v) is 2.05. The van der Waals surface area contributed by atoms with Crippen molar-refractivity contribution in [1.29, 1.82) is 0 Å². The number of anilines is 1. The van der Waals surface area contributed by atoms with Crippen molar-refractivity contribution in [1.82, 2.24) is 10.7 Å². The van der Waals surface area contributed by atoms with Gasteiger partial charge in [-0.1, -0.05) is 12.1 Å². The van der Waals surface area contributed by atoms with Crippen molar-refractivity contribution in [2.45, 2.75) is 19.4 Å². The number of fused-ring (bicyclic) bond motifs is 1. The van der Waals surface area contributed by atoms with Crippen LogP contribution in [0.1, 0.15) is 17.5 Å². The smallest absolute Gasteiger partial charge is 0.329 e. The molecule has 1 heterocycles. The molecule has 6 nitrogen and oxygen atoms in total. The Labute approximate surface area is 105 Å². The third-order valence-corrected chi connectivity index (χ3v) is 3.07. The zero-order valence-corrected chi connectivity index (χ0v) is 10.2. The first-order valence-corrected chi connectivity index (χ1v) is 5.74. The van der Waals surface area contributed by atoms with Crippen LogP contribution in [0.2, 0.25) is 0 Å². The van der Waals surface area contributed by atoms with Gasteiger partial charge in [-0.15, -0.1) is 0 Å². The molecule has 0 fully saturated rings. The summed E-state index contributed by atoms with van der Waals surface area (Å²) in [6.45, 7) is 0.411. The van der Waals surface area contributed by atoms with Gasteiger partial charge in [0.15, 0.2) is 0 Å². The van der Waals surface area contributed by atoms with Gasteiger partial charge in [-0.3, -0.25) is 10.2 Å². The lowest BCUT2D eigenvalue weighted by atomic mass is 9.99. The predicted molar refractivity (Wildman–Crippen MR) is 67.7 cm³/mol. The number of benzene rings is 1. The SMILES string of the molecule is CN1C(=O)CCc2cc(CNC(=O)NN)ccc21. The minimum Gasteiger partial charge on any atom is -0.333 e. The molecule has 96 valence electrons. The van der Waals surface area contributed by atoms with Crippen LogP contribution in [0.25, 0.3) is 0 Å². The van der Waals surface area contributed by atoms with Crippen LogP contribution in [0.5, 0.6) is 0 Å². The maximum atomic E-state index is 11.5. The molecule has 1 aliphatic rings. The van der Waals surface area contributed by atoms with E-state index < -0.39 is 6.03 Å². The Kier molecular flexibility index (Phi) is 3.47. The predicted octanol–water partition coefficient (Wildman–Crippen LogP) is 0.269. The summed E-state index contributed by atoms with van der Waals surface area (Å²) < 4.78 is 0. The second-order valence-electron chi connectivity index (χ2n) is 4.24. The van der Waals surface area contributed by atoms with Gasteiger partial charge >= 0.3 is 6.03 Å². The van der Waals surface area contributed by atoms with Crippen molar-refractivity contribution >= 4 is 17.6 Å². The number of hydrazine groups is 1. The molecule has 0 saturated heterocycles. The maximum Gasteiger partial charge on any atom is 0.329 e. The average molecular weight is 248 g/mol. The first-order chi connectivity index (χ1) is 8.61. The molecule has 4 N–H and O–H groups in total. The van der Waals surface area contributed by atoms with E-state index in [2.05, 4.69) is 5.32 Å². The lowest BCUT2D eigenvalue weighted by Crippen LogP contribution is -2.39. The molecule has 0 aromatic heterocycles. The molecule has 0 saturated carbocycles. The van der Waals surface area contributed by atoms with Crippen molar-refractivity contribution in [3.8, 4) is 0 Å². The fraction of sp³-hybridized carbons (Fsp3) is 0.333. The number of nitrogens with zero attached hydrogens (tertiary/aromatic N) is 1. The number of nitrogens with one attached hydrogen (secondary N) is 2. The van der Waals surface area contributed by atoms with Crippen molar-refractivity contribution in [2.24, 2.45) is 5.84 Å². The summed E-state index contributed by atoms with van der Waals surface area (Å²) in [6.07, 6.45) is 1.28.